The quantitative estimate of drug-likeness (QED) is 0.333. The minimum atomic E-state index is 0. The van der Waals surface area contributed by atoms with Crippen molar-refractivity contribution >= 4 is 29.9 Å². The SMILES string of the molecule is CN=C(NCCc1ccc(C)c(OC)c1)NCc1cccc(CN(C)C)c1.I. The van der Waals surface area contributed by atoms with E-state index in [1.807, 2.05) is 0 Å². The Balaban J connectivity index is 0.00000392. The molecule has 2 N–H and O–H groups in total. The van der Waals surface area contributed by atoms with E-state index in [1.54, 1.807) is 14.2 Å². The molecule has 28 heavy (non-hydrogen) atoms. The third kappa shape index (κ3) is 8.06. The molecular formula is C22H33IN4O. The molecule has 0 atom stereocenters. The van der Waals surface area contributed by atoms with Crippen molar-refractivity contribution in [2.45, 2.75) is 26.4 Å². The first-order valence-corrected chi connectivity index (χ1v) is 9.32. The summed E-state index contributed by atoms with van der Waals surface area (Å²) < 4.78 is 5.40. The van der Waals surface area contributed by atoms with Crippen LogP contribution in [0, 0.1) is 6.92 Å². The summed E-state index contributed by atoms with van der Waals surface area (Å²) in [4.78, 5) is 6.49. The molecule has 2 aromatic carbocycles. The van der Waals surface area contributed by atoms with Gasteiger partial charge in [-0.05, 0) is 55.8 Å². The summed E-state index contributed by atoms with van der Waals surface area (Å²) in [7, 11) is 7.68. The molecule has 0 saturated carbocycles. The molecule has 0 aromatic heterocycles. The monoisotopic (exact) mass is 496 g/mol. The highest BCUT2D eigenvalue weighted by Gasteiger charge is 2.03. The molecule has 0 aliphatic rings. The molecule has 0 aliphatic carbocycles. The maximum Gasteiger partial charge on any atom is 0.191 e. The number of halogens is 1. The number of aryl methyl sites for hydroxylation is 1. The summed E-state index contributed by atoms with van der Waals surface area (Å²) >= 11 is 0. The molecule has 0 unspecified atom stereocenters. The molecule has 0 heterocycles. The topological polar surface area (TPSA) is 48.9 Å². The molecule has 5 nitrogen and oxygen atoms in total. The smallest absolute Gasteiger partial charge is 0.191 e. The lowest BCUT2D eigenvalue weighted by Crippen LogP contribution is -2.37. The molecule has 0 fully saturated rings. The first kappa shape index (κ1) is 24.2. The van der Waals surface area contributed by atoms with Crippen molar-refractivity contribution in [2.24, 2.45) is 4.99 Å². The highest BCUT2D eigenvalue weighted by atomic mass is 127. The molecule has 0 radical (unpaired) electrons. The summed E-state index contributed by atoms with van der Waals surface area (Å²) in [5.41, 5.74) is 4.97. The van der Waals surface area contributed by atoms with E-state index in [1.165, 1.54) is 16.7 Å². The number of methoxy groups -OCH3 is 1. The fraction of sp³-hybridized carbons (Fsp3) is 0.409. The Bertz CT molecular complexity index is 762. The van der Waals surface area contributed by atoms with E-state index in [2.05, 4.69) is 84.0 Å². The summed E-state index contributed by atoms with van der Waals surface area (Å²) in [6.07, 6.45) is 0.912. The van der Waals surface area contributed by atoms with Crippen LogP contribution in [0.4, 0.5) is 0 Å². The number of hydrogen-bond donors (Lipinski definition) is 2. The van der Waals surface area contributed by atoms with Crippen molar-refractivity contribution in [3.05, 3.63) is 64.7 Å². The summed E-state index contributed by atoms with van der Waals surface area (Å²) in [5.74, 6) is 1.75. The summed E-state index contributed by atoms with van der Waals surface area (Å²) in [5, 5.41) is 6.76. The van der Waals surface area contributed by atoms with Crippen molar-refractivity contribution in [1.82, 2.24) is 15.5 Å². The normalized spacial score (nSPS) is 11.1. The lowest BCUT2D eigenvalue weighted by atomic mass is 10.1. The lowest BCUT2D eigenvalue weighted by Gasteiger charge is -2.14. The minimum Gasteiger partial charge on any atom is -0.496 e. The third-order valence-electron chi connectivity index (χ3n) is 4.35. The zero-order valence-electron chi connectivity index (χ0n) is 17.6. The van der Waals surface area contributed by atoms with Gasteiger partial charge in [0.2, 0.25) is 0 Å². The van der Waals surface area contributed by atoms with Crippen LogP contribution < -0.4 is 15.4 Å². The Morgan fingerprint density at radius 1 is 1.04 bits per heavy atom. The van der Waals surface area contributed by atoms with Crippen molar-refractivity contribution in [1.29, 1.82) is 0 Å². The Labute approximate surface area is 186 Å². The summed E-state index contributed by atoms with van der Waals surface area (Å²) in [6, 6.07) is 15.0. The molecule has 0 spiro atoms. The Kier molecular flexibility index (Phi) is 10.9. The van der Waals surface area contributed by atoms with E-state index >= 15 is 0 Å². The number of hydrogen-bond acceptors (Lipinski definition) is 3. The van der Waals surface area contributed by atoms with Gasteiger partial charge in [-0.15, -0.1) is 24.0 Å². The minimum absolute atomic E-state index is 0. The molecule has 0 saturated heterocycles. The van der Waals surface area contributed by atoms with Crippen LogP contribution in [0.3, 0.4) is 0 Å². The van der Waals surface area contributed by atoms with Gasteiger partial charge >= 0.3 is 0 Å². The Morgan fingerprint density at radius 2 is 1.79 bits per heavy atom. The Morgan fingerprint density at radius 3 is 2.46 bits per heavy atom. The van der Waals surface area contributed by atoms with E-state index in [4.69, 9.17) is 4.74 Å². The second kappa shape index (κ2) is 12.6. The highest BCUT2D eigenvalue weighted by Crippen LogP contribution is 2.19. The second-order valence-electron chi connectivity index (χ2n) is 6.96. The number of benzene rings is 2. The number of nitrogens with one attached hydrogen (secondary N) is 2. The fourth-order valence-corrected chi connectivity index (χ4v) is 2.95. The van der Waals surface area contributed by atoms with Gasteiger partial charge < -0.3 is 20.3 Å². The van der Waals surface area contributed by atoms with Crippen LogP contribution in [0.15, 0.2) is 47.5 Å². The van der Waals surface area contributed by atoms with E-state index in [-0.39, 0.29) is 24.0 Å². The first-order chi connectivity index (χ1) is 13.0. The number of nitrogens with zero attached hydrogens (tertiary/aromatic N) is 2. The maximum atomic E-state index is 5.40. The van der Waals surface area contributed by atoms with Gasteiger partial charge in [-0.2, -0.15) is 0 Å². The van der Waals surface area contributed by atoms with Gasteiger partial charge in [0.15, 0.2) is 5.96 Å². The second-order valence-corrected chi connectivity index (χ2v) is 6.96. The van der Waals surface area contributed by atoms with E-state index in [0.717, 1.165) is 43.3 Å². The van der Waals surface area contributed by atoms with Gasteiger partial charge in [-0.25, -0.2) is 0 Å². The largest absolute Gasteiger partial charge is 0.496 e. The number of guanidine groups is 1. The van der Waals surface area contributed by atoms with Crippen molar-refractivity contribution < 1.29 is 4.74 Å². The average molecular weight is 496 g/mol. The number of ether oxygens (including phenoxy) is 1. The zero-order valence-corrected chi connectivity index (χ0v) is 19.9. The fourth-order valence-electron chi connectivity index (χ4n) is 2.95. The van der Waals surface area contributed by atoms with Gasteiger partial charge in [-0.3, -0.25) is 4.99 Å². The van der Waals surface area contributed by atoms with Crippen LogP contribution in [0.2, 0.25) is 0 Å². The van der Waals surface area contributed by atoms with Crippen molar-refractivity contribution in [3.63, 3.8) is 0 Å². The molecule has 0 bridgehead atoms. The van der Waals surface area contributed by atoms with Crippen LogP contribution in [0.25, 0.3) is 0 Å². The molecule has 0 aliphatic heterocycles. The predicted molar refractivity (Wildman–Crippen MR) is 129 cm³/mol. The van der Waals surface area contributed by atoms with Gasteiger partial charge in [0.1, 0.15) is 5.75 Å². The van der Waals surface area contributed by atoms with Gasteiger partial charge in [0.25, 0.3) is 0 Å². The molecule has 2 rings (SSSR count). The third-order valence-corrected chi connectivity index (χ3v) is 4.35. The molecule has 2 aromatic rings. The Hall–Kier alpha value is -1.80. The van der Waals surface area contributed by atoms with E-state index in [0.29, 0.717) is 0 Å². The highest BCUT2D eigenvalue weighted by molar-refractivity contribution is 14.0. The maximum absolute atomic E-state index is 5.40. The summed E-state index contributed by atoms with van der Waals surface area (Å²) in [6.45, 7) is 4.56. The van der Waals surface area contributed by atoms with E-state index in [9.17, 15) is 0 Å². The number of aliphatic imine (C=N–C) groups is 1. The molecule has 6 heteroatoms. The molecule has 154 valence electrons. The molecular weight excluding hydrogens is 463 g/mol. The van der Waals surface area contributed by atoms with Crippen LogP contribution in [-0.2, 0) is 19.5 Å². The van der Waals surface area contributed by atoms with Crippen LogP contribution >= 0.6 is 24.0 Å². The average Bonchev–Trinajstić information content (AvgIpc) is 2.65. The lowest BCUT2D eigenvalue weighted by molar-refractivity contribution is 0.402. The van der Waals surface area contributed by atoms with Gasteiger partial charge in [-0.1, -0.05) is 36.4 Å². The number of rotatable bonds is 8. The van der Waals surface area contributed by atoms with Crippen LogP contribution in [0.5, 0.6) is 5.75 Å². The first-order valence-electron chi connectivity index (χ1n) is 9.32. The predicted octanol–water partition coefficient (Wildman–Crippen LogP) is 3.59. The molecule has 0 amide bonds. The zero-order chi connectivity index (χ0) is 19.6. The van der Waals surface area contributed by atoms with Crippen LogP contribution in [-0.4, -0.2) is 45.7 Å². The van der Waals surface area contributed by atoms with E-state index < -0.39 is 0 Å². The van der Waals surface area contributed by atoms with Gasteiger partial charge in [0, 0.05) is 26.7 Å². The standard InChI is InChI=1S/C22H32N4O.HI/c1-17-9-10-18(14-21(17)27-5)11-12-24-22(23-2)25-15-19-7-6-8-20(13-19)16-26(3)4;/h6-10,13-14H,11-12,15-16H2,1-5H3,(H2,23,24,25);1H. The van der Waals surface area contributed by atoms with Crippen molar-refractivity contribution in [3.8, 4) is 5.75 Å². The van der Waals surface area contributed by atoms with Gasteiger partial charge in [0.05, 0.1) is 7.11 Å². The van der Waals surface area contributed by atoms with Crippen LogP contribution in [0.1, 0.15) is 22.3 Å². The van der Waals surface area contributed by atoms with Crippen molar-refractivity contribution in [2.75, 3.05) is 34.8 Å².